The lowest BCUT2D eigenvalue weighted by Crippen LogP contribution is -2.27. The summed E-state index contributed by atoms with van der Waals surface area (Å²) in [6.45, 7) is 4.07. The van der Waals surface area contributed by atoms with Gasteiger partial charge in [-0.25, -0.2) is 0 Å². The molecular weight excluding hydrogens is 242 g/mol. The van der Waals surface area contributed by atoms with Gasteiger partial charge in [0.1, 0.15) is 0 Å². The molecule has 0 aliphatic heterocycles. The van der Waals surface area contributed by atoms with Gasteiger partial charge in [0.05, 0.1) is 12.5 Å². The minimum atomic E-state index is 0.0538. The van der Waals surface area contributed by atoms with Crippen LogP contribution >= 0.6 is 11.3 Å². The van der Waals surface area contributed by atoms with Crippen molar-refractivity contribution in [2.75, 3.05) is 0 Å². The van der Waals surface area contributed by atoms with Gasteiger partial charge in [-0.2, -0.15) is 0 Å². The molecule has 1 amide bonds. The highest BCUT2D eigenvalue weighted by atomic mass is 32.1. The van der Waals surface area contributed by atoms with Crippen molar-refractivity contribution in [2.24, 2.45) is 0 Å². The molecule has 1 aromatic heterocycles. The number of amides is 1. The first-order valence-corrected chi connectivity index (χ1v) is 6.91. The maximum atomic E-state index is 11.9. The smallest absolute Gasteiger partial charge is 0.225 e. The molecule has 0 aliphatic carbocycles. The van der Waals surface area contributed by atoms with Crippen LogP contribution in [0.5, 0.6) is 0 Å². The molecule has 2 rings (SSSR count). The Morgan fingerprint density at radius 2 is 2.00 bits per heavy atom. The van der Waals surface area contributed by atoms with Gasteiger partial charge >= 0.3 is 0 Å². The monoisotopic (exact) mass is 259 g/mol. The Hall–Kier alpha value is -1.61. The summed E-state index contributed by atoms with van der Waals surface area (Å²) in [5.74, 6) is 0.0746. The van der Waals surface area contributed by atoms with Crippen LogP contribution in [0, 0.1) is 6.92 Å². The summed E-state index contributed by atoms with van der Waals surface area (Å²) in [7, 11) is 0. The number of carbonyl (C=O) groups excluding carboxylic acids is 1. The van der Waals surface area contributed by atoms with Crippen molar-refractivity contribution in [3.8, 4) is 0 Å². The standard InChI is InChI=1S/C15H17NOS/c1-11-5-7-13(8-6-11)12(2)16-15(17)10-14-4-3-9-18-14/h3-9,12H,10H2,1-2H3,(H,16,17)/t12-/m1/s1. The van der Waals surface area contributed by atoms with Gasteiger partial charge in [0.2, 0.25) is 5.91 Å². The molecule has 3 heteroatoms. The van der Waals surface area contributed by atoms with Gasteiger partial charge in [-0.05, 0) is 30.9 Å². The Labute approximate surface area is 112 Å². The lowest BCUT2D eigenvalue weighted by atomic mass is 10.1. The molecule has 0 bridgehead atoms. The molecule has 2 nitrogen and oxygen atoms in total. The van der Waals surface area contributed by atoms with E-state index in [0.29, 0.717) is 6.42 Å². The summed E-state index contributed by atoms with van der Waals surface area (Å²) in [4.78, 5) is 13.0. The zero-order chi connectivity index (χ0) is 13.0. The predicted molar refractivity (Wildman–Crippen MR) is 75.8 cm³/mol. The fraction of sp³-hybridized carbons (Fsp3) is 0.267. The molecule has 1 heterocycles. The first kappa shape index (κ1) is 12.8. The van der Waals surface area contributed by atoms with E-state index in [4.69, 9.17) is 0 Å². The number of benzene rings is 1. The Morgan fingerprint density at radius 1 is 1.28 bits per heavy atom. The van der Waals surface area contributed by atoms with Crippen LogP contribution < -0.4 is 5.32 Å². The van der Waals surface area contributed by atoms with E-state index in [1.807, 2.05) is 24.4 Å². The largest absolute Gasteiger partial charge is 0.349 e. The highest BCUT2D eigenvalue weighted by Crippen LogP contribution is 2.14. The van der Waals surface area contributed by atoms with Crippen molar-refractivity contribution < 1.29 is 4.79 Å². The van der Waals surface area contributed by atoms with Crippen LogP contribution in [0.15, 0.2) is 41.8 Å². The molecule has 0 radical (unpaired) electrons. The Balaban J connectivity index is 1.92. The normalized spacial score (nSPS) is 12.1. The van der Waals surface area contributed by atoms with Crippen molar-refractivity contribution in [3.63, 3.8) is 0 Å². The molecular formula is C15H17NOS. The van der Waals surface area contributed by atoms with Crippen LogP contribution in [0.4, 0.5) is 0 Å². The molecule has 0 saturated heterocycles. The Bertz CT molecular complexity index is 502. The number of nitrogens with one attached hydrogen (secondary N) is 1. The zero-order valence-corrected chi connectivity index (χ0v) is 11.5. The maximum absolute atomic E-state index is 11.9. The second-order valence-corrected chi connectivity index (χ2v) is 5.49. The van der Waals surface area contributed by atoms with Crippen LogP contribution in [-0.4, -0.2) is 5.91 Å². The SMILES string of the molecule is Cc1ccc([C@@H](C)NC(=O)Cc2cccs2)cc1. The van der Waals surface area contributed by atoms with Crippen molar-refractivity contribution in [1.29, 1.82) is 0 Å². The summed E-state index contributed by atoms with van der Waals surface area (Å²) in [6.07, 6.45) is 0.466. The van der Waals surface area contributed by atoms with Crippen LogP contribution in [0.25, 0.3) is 0 Å². The summed E-state index contributed by atoms with van der Waals surface area (Å²) >= 11 is 1.62. The summed E-state index contributed by atoms with van der Waals surface area (Å²) in [6, 6.07) is 12.3. The maximum Gasteiger partial charge on any atom is 0.225 e. The van der Waals surface area contributed by atoms with Crippen LogP contribution in [0.2, 0.25) is 0 Å². The molecule has 0 unspecified atom stereocenters. The van der Waals surface area contributed by atoms with Crippen LogP contribution in [0.1, 0.15) is 29.0 Å². The highest BCUT2D eigenvalue weighted by Gasteiger charge is 2.10. The van der Waals surface area contributed by atoms with Gasteiger partial charge in [0.25, 0.3) is 0 Å². The van der Waals surface area contributed by atoms with E-state index in [2.05, 4.69) is 36.5 Å². The van der Waals surface area contributed by atoms with Crippen molar-refractivity contribution in [1.82, 2.24) is 5.32 Å². The third-order valence-corrected chi connectivity index (χ3v) is 3.75. The first-order valence-electron chi connectivity index (χ1n) is 6.03. The molecule has 1 atom stereocenters. The van der Waals surface area contributed by atoms with Crippen molar-refractivity contribution in [3.05, 3.63) is 57.8 Å². The molecule has 0 saturated carbocycles. The van der Waals surface area contributed by atoms with E-state index in [-0.39, 0.29) is 11.9 Å². The second-order valence-electron chi connectivity index (χ2n) is 4.46. The minimum absolute atomic E-state index is 0.0538. The molecule has 18 heavy (non-hydrogen) atoms. The molecule has 0 fully saturated rings. The van der Waals surface area contributed by atoms with Crippen molar-refractivity contribution >= 4 is 17.2 Å². The van der Waals surface area contributed by atoms with Crippen LogP contribution in [0.3, 0.4) is 0 Å². The number of aryl methyl sites for hydroxylation is 1. The lowest BCUT2D eigenvalue weighted by Gasteiger charge is -2.14. The fourth-order valence-electron chi connectivity index (χ4n) is 1.80. The first-order chi connectivity index (χ1) is 8.65. The van der Waals surface area contributed by atoms with Gasteiger partial charge < -0.3 is 5.32 Å². The Morgan fingerprint density at radius 3 is 2.61 bits per heavy atom. The molecule has 0 aliphatic rings. The summed E-state index contributed by atoms with van der Waals surface area (Å²) < 4.78 is 0. The van der Waals surface area contributed by atoms with E-state index < -0.39 is 0 Å². The Kier molecular flexibility index (Phi) is 4.15. The lowest BCUT2D eigenvalue weighted by molar-refractivity contribution is -0.121. The van der Waals surface area contributed by atoms with Gasteiger partial charge in [0.15, 0.2) is 0 Å². The number of hydrogen-bond donors (Lipinski definition) is 1. The van der Waals surface area contributed by atoms with E-state index in [0.717, 1.165) is 10.4 Å². The van der Waals surface area contributed by atoms with Gasteiger partial charge in [-0.15, -0.1) is 11.3 Å². The zero-order valence-electron chi connectivity index (χ0n) is 10.6. The van der Waals surface area contributed by atoms with Crippen molar-refractivity contribution in [2.45, 2.75) is 26.3 Å². The number of carbonyl (C=O) groups is 1. The van der Waals surface area contributed by atoms with E-state index in [9.17, 15) is 4.79 Å². The highest BCUT2D eigenvalue weighted by molar-refractivity contribution is 7.10. The molecule has 94 valence electrons. The quantitative estimate of drug-likeness (QED) is 0.895. The molecule has 1 N–H and O–H groups in total. The van der Waals surface area contributed by atoms with Crippen LogP contribution in [-0.2, 0) is 11.2 Å². The number of rotatable bonds is 4. The average molecular weight is 259 g/mol. The topological polar surface area (TPSA) is 29.1 Å². The fourth-order valence-corrected chi connectivity index (χ4v) is 2.51. The molecule has 0 spiro atoms. The molecule has 2 aromatic rings. The summed E-state index contributed by atoms with van der Waals surface area (Å²) in [5, 5.41) is 5.01. The van der Waals surface area contributed by atoms with Gasteiger partial charge in [-0.3, -0.25) is 4.79 Å². The van der Waals surface area contributed by atoms with E-state index >= 15 is 0 Å². The van der Waals surface area contributed by atoms with E-state index in [1.54, 1.807) is 11.3 Å². The average Bonchev–Trinajstić information content (AvgIpc) is 2.82. The minimum Gasteiger partial charge on any atom is -0.349 e. The van der Waals surface area contributed by atoms with E-state index in [1.165, 1.54) is 5.56 Å². The third-order valence-electron chi connectivity index (χ3n) is 2.87. The second kappa shape index (κ2) is 5.83. The van der Waals surface area contributed by atoms with Gasteiger partial charge in [-0.1, -0.05) is 35.9 Å². The predicted octanol–water partition coefficient (Wildman–Crippen LogP) is 3.48. The van der Waals surface area contributed by atoms with Gasteiger partial charge in [0, 0.05) is 4.88 Å². The summed E-state index contributed by atoms with van der Waals surface area (Å²) in [5.41, 5.74) is 2.37. The number of hydrogen-bond acceptors (Lipinski definition) is 2. The molecule has 1 aromatic carbocycles. The third kappa shape index (κ3) is 3.44. The number of thiophene rings is 1.